The summed E-state index contributed by atoms with van der Waals surface area (Å²) in [5.41, 5.74) is -0.241. The zero-order chi connectivity index (χ0) is 15.8. The molecular formula is C19H30O3. The second-order valence-corrected chi connectivity index (χ2v) is 9.29. The minimum atomic E-state index is -0.501. The van der Waals surface area contributed by atoms with Gasteiger partial charge in [-0.15, -0.1) is 0 Å². The number of fused-ring (bicyclic) bond motifs is 5. The van der Waals surface area contributed by atoms with Crippen molar-refractivity contribution in [1.29, 1.82) is 0 Å². The van der Waals surface area contributed by atoms with Gasteiger partial charge in [0.1, 0.15) is 0 Å². The van der Waals surface area contributed by atoms with Crippen molar-refractivity contribution in [2.45, 2.75) is 71.3 Å². The Morgan fingerprint density at radius 1 is 1.05 bits per heavy atom. The van der Waals surface area contributed by atoms with Gasteiger partial charge in [-0.3, -0.25) is 4.79 Å². The topological polar surface area (TPSA) is 46.5 Å². The van der Waals surface area contributed by atoms with E-state index >= 15 is 0 Å². The number of aliphatic hydroxyl groups is 1. The number of hydrogen-bond acceptors (Lipinski definition) is 3. The summed E-state index contributed by atoms with van der Waals surface area (Å²) in [6.45, 7) is 7.38. The Kier molecular flexibility index (Phi) is 3.06. The van der Waals surface area contributed by atoms with E-state index in [1.165, 1.54) is 25.7 Å². The lowest BCUT2D eigenvalue weighted by Crippen LogP contribution is -2.57. The van der Waals surface area contributed by atoms with Crippen LogP contribution < -0.4 is 0 Å². The molecule has 0 unspecified atom stereocenters. The zero-order valence-electron chi connectivity index (χ0n) is 14.2. The summed E-state index contributed by atoms with van der Waals surface area (Å²) in [5.74, 6) is 2.56. The molecule has 0 bridgehead atoms. The van der Waals surface area contributed by atoms with Crippen molar-refractivity contribution in [2.75, 3.05) is 6.61 Å². The van der Waals surface area contributed by atoms with Crippen molar-refractivity contribution in [1.82, 2.24) is 0 Å². The van der Waals surface area contributed by atoms with Crippen LogP contribution in [-0.2, 0) is 9.53 Å². The van der Waals surface area contributed by atoms with E-state index in [0.29, 0.717) is 36.7 Å². The Balaban J connectivity index is 1.65. The highest BCUT2D eigenvalue weighted by molar-refractivity contribution is 5.70. The van der Waals surface area contributed by atoms with Gasteiger partial charge in [0.2, 0.25) is 0 Å². The van der Waals surface area contributed by atoms with E-state index in [4.69, 9.17) is 4.74 Å². The summed E-state index contributed by atoms with van der Waals surface area (Å²) in [4.78, 5) is 11.7. The second-order valence-electron chi connectivity index (χ2n) is 9.29. The number of carbonyl (C=O) groups excluding carboxylic acids is 1. The molecule has 22 heavy (non-hydrogen) atoms. The number of rotatable bonds is 0. The van der Waals surface area contributed by atoms with E-state index in [1.54, 1.807) is 0 Å². The molecule has 1 saturated heterocycles. The third kappa shape index (κ3) is 1.75. The summed E-state index contributed by atoms with van der Waals surface area (Å²) >= 11 is 0. The van der Waals surface area contributed by atoms with Crippen LogP contribution in [0.3, 0.4) is 0 Å². The van der Waals surface area contributed by atoms with Gasteiger partial charge in [0.05, 0.1) is 12.2 Å². The van der Waals surface area contributed by atoms with Crippen LogP contribution in [0.1, 0.15) is 65.7 Å². The first-order chi connectivity index (χ1) is 10.3. The van der Waals surface area contributed by atoms with Gasteiger partial charge in [-0.2, -0.15) is 0 Å². The molecule has 1 aliphatic heterocycles. The Hall–Kier alpha value is -0.570. The van der Waals surface area contributed by atoms with Crippen molar-refractivity contribution in [3.05, 3.63) is 0 Å². The molecule has 4 aliphatic rings. The normalized spacial score (nSPS) is 57.5. The van der Waals surface area contributed by atoms with E-state index in [2.05, 4.69) is 20.8 Å². The van der Waals surface area contributed by atoms with Gasteiger partial charge < -0.3 is 9.84 Å². The lowest BCUT2D eigenvalue weighted by atomic mass is 9.46. The van der Waals surface area contributed by atoms with Crippen LogP contribution in [0.5, 0.6) is 0 Å². The Morgan fingerprint density at radius 3 is 2.55 bits per heavy atom. The largest absolute Gasteiger partial charge is 0.465 e. The fourth-order valence-electron chi connectivity index (χ4n) is 6.83. The van der Waals surface area contributed by atoms with Crippen LogP contribution in [0.25, 0.3) is 0 Å². The molecule has 4 rings (SSSR count). The number of carbonyl (C=O) groups is 1. The maximum atomic E-state index is 11.7. The average Bonchev–Trinajstić information content (AvgIpc) is 2.70. The van der Waals surface area contributed by atoms with Crippen LogP contribution in [-0.4, -0.2) is 23.3 Å². The summed E-state index contributed by atoms with van der Waals surface area (Å²) in [6, 6.07) is 0. The second kappa shape index (κ2) is 4.49. The molecule has 0 radical (unpaired) electrons. The average molecular weight is 306 g/mol. The van der Waals surface area contributed by atoms with E-state index in [9.17, 15) is 9.90 Å². The molecule has 124 valence electrons. The van der Waals surface area contributed by atoms with Crippen molar-refractivity contribution in [3.8, 4) is 0 Å². The van der Waals surface area contributed by atoms with Gasteiger partial charge in [-0.1, -0.05) is 13.8 Å². The van der Waals surface area contributed by atoms with Crippen LogP contribution in [0, 0.1) is 34.5 Å². The van der Waals surface area contributed by atoms with Crippen molar-refractivity contribution in [2.24, 2.45) is 34.5 Å². The monoisotopic (exact) mass is 306 g/mol. The van der Waals surface area contributed by atoms with E-state index in [0.717, 1.165) is 12.8 Å². The molecule has 0 aromatic heterocycles. The Labute approximate surface area is 133 Å². The fraction of sp³-hybridized carbons (Fsp3) is 0.947. The zero-order valence-corrected chi connectivity index (χ0v) is 14.2. The molecule has 3 saturated carbocycles. The molecule has 3 nitrogen and oxygen atoms in total. The lowest BCUT2D eigenvalue weighted by Gasteiger charge is -2.60. The Morgan fingerprint density at radius 2 is 1.77 bits per heavy atom. The molecule has 3 heteroatoms. The first-order valence-corrected chi connectivity index (χ1v) is 9.16. The minimum absolute atomic E-state index is 0.00497. The van der Waals surface area contributed by atoms with Crippen molar-refractivity contribution in [3.63, 3.8) is 0 Å². The predicted molar refractivity (Wildman–Crippen MR) is 84.1 cm³/mol. The van der Waals surface area contributed by atoms with Gasteiger partial charge in [0.15, 0.2) is 0 Å². The van der Waals surface area contributed by atoms with Crippen LogP contribution in [0.15, 0.2) is 0 Å². The minimum Gasteiger partial charge on any atom is -0.465 e. The van der Waals surface area contributed by atoms with Crippen LogP contribution >= 0.6 is 0 Å². The molecular weight excluding hydrogens is 276 g/mol. The SMILES string of the molecule is C[C@]12COC(=O)C[C@@H]1CC[C@H]1[C@H]2CC[C@]2(C)[C@H]1CC[C@@]2(C)O. The van der Waals surface area contributed by atoms with Gasteiger partial charge in [-0.25, -0.2) is 0 Å². The van der Waals surface area contributed by atoms with Crippen molar-refractivity contribution < 1.29 is 14.6 Å². The molecule has 0 amide bonds. The van der Waals surface area contributed by atoms with Gasteiger partial charge in [0.25, 0.3) is 0 Å². The molecule has 1 N–H and O–H groups in total. The summed E-state index contributed by atoms with van der Waals surface area (Å²) in [5, 5.41) is 10.9. The van der Waals surface area contributed by atoms with Crippen LogP contribution in [0.4, 0.5) is 0 Å². The number of hydrogen-bond donors (Lipinski definition) is 1. The number of ether oxygens (including phenoxy) is 1. The third-order valence-electron chi connectivity index (χ3n) is 8.58. The summed E-state index contributed by atoms with van der Waals surface area (Å²) < 4.78 is 5.49. The smallest absolute Gasteiger partial charge is 0.306 e. The number of esters is 1. The highest BCUT2D eigenvalue weighted by Crippen LogP contribution is 2.67. The molecule has 3 aliphatic carbocycles. The quantitative estimate of drug-likeness (QED) is 0.696. The fourth-order valence-corrected chi connectivity index (χ4v) is 6.83. The van der Waals surface area contributed by atoms with E-state index < -0.39 is 5.60 Å². The third-order valence-corrected chi connectivity index (χ3v) is 8.58. The van der Waals surface area contributed by atoms with Crippen molar-refractivity contribution >= 4 is 5.97 Å². The maximum Gasteiger partial charge on any atom is 0.306 e. The first kappa shape index (κ1) is 15.0. The molecule has 1 heterocycles. The predicted octanol–water partition coefficient (Wildman–Crippen LogP) is 3.54. The maximum absolute atomic E-state index is 11.7. The van der Waals surface area contributed by atoms with Gasteiger partial charge in [-0.05, 0) is 74.5 Å². The molecule has 0 aromatic carbocycles. The van der Waals surface area contributed by atoms with Gasteiger partial charge in [0, 0.05) is 11.8 Å². The molecule has 0 spiro atoms. The highest BCUT2D eigenvalue weighted by atomic mass is 16.5. The molecule has 4 fully saturated rings. The first-order valence-electron chi connectivity index (χ1n) is 9.16. The van der Waals surface area contributed by atoms with E-state index in [-0.39, 0.29) is 16.8 Å². The highest BCUT2D eigenvalue weighted by Gasteiger charge is 2.63. The van der Waals surface area contributed by atoms with Gasteiger partial charge >= 0.3 is 5.97 Å². The van der Waals surface area contributed by atoms with Crippen LogP contribution in [0.2, 0.25) is 0 Å². The number of cyclic esters (lactones) is 1. The van der Waals surface area contributed by atoms with E-state index in [1.807, 2.05) is 0 Å². The molecule has 0 aromatic rings. The Bertz CT molecular complexity index is 499. The summed E-state index contributed by atoms with van der Waals surface area (Å²) in [7, 11) is 0. The molecule has 7 atom stereocenters. The standard InChI is InChI=1S/C19H30O3/c1-17-11-22-16(20)10-12(17)4-5-13-14(17)6-8-18(2)15(13)7-9-19(18,3)21/h12-15,21H,4-11H2,1-3H3/t12-,13-,14+,15-,17-,18+,19+/m0/s1. The summed E-state index contributed by atoms with van der Waals surface area (Å²) in [6.07, 6.45) is 7.48. The lowest BCUT2D eigenvalue weighted by molar-refractivity contribution is -0.186.